The van der Waals surface area contributed by atoms with Crippen LogP contribution in [0.1, 0.15) is 74.5 Å². The van der Waals surface area contributed by atoms with Crippen LogP contribution in [-0.4, -0.2) is 252 Å². The Morgan fingerprint density at radius 1 is 0.635 bits per heavy atom. The van der Waals surface area contributed by atoms with Crippen LogP contribution in [0.25, 0.3) is 0 Å². The number of nitrogens with zero attached hydrogens (tertiary/aromatic N) is 1. The van der Waals surface area contributed by atoms with Gasteiger partial charge in [0.15, 0.2) is 23.3 Å². The van der Waals surface area contributed by atoms with E-state index in [1.807, 2.05) is 48.5 Å². The van der Waals surface area contributed by atoms with Gasteiger partial charge in [-0.2, -0.15) is 0 Å². The minimum Gasteiger partial charge on any atom is -0.390 e. The van der Waals surface area contributed by atoms with Crippen LogP contribution < -0.4 is 5.32 Å². The number of aliphatic hydroxyl groups is 2. The fraction of sp³-hybridized carbons (Fsp3) is 0.648. The van der Waals surface area contributed by atoms with Crippen LogP contribution >= 0.6 is 0 Å². The molecule has 0 radical (unpaired) electrons. The molecule has 2 aliphatic heterocycles. The number of carbonyl (C=O) groups excluding carboxylic acids is 5. The van der Waals surface area contributed by atoms with Gasteiger partial charge in [0, 0.05) is 66.8 Å². The zero-order valence-electron chi connectivity index (χ0n) is 55.6. The fourth-order valence-corrected chi connectivity index (χ4v) is 13.9. The first-order chi connectivity index (χ1) is 46.5. The number of rotatable bonds is 49. The quantitative estimate of drug-likeness (QED) is 0.0578. The molecule has 25 heteroatoms. The van der Waals surface area contributed by atoms with Gasteiger partial charge in [-0.15, -0.1) is 0 Å². The average Bonchev–Trinajstić information content (AvgIpc) is 1.40. The van der Waals surface area contributed by atoms with Gasteiger partial charge in [0.25, 0.3) is 11.8 Å². The number of Topliss-reactive ketones (excluding diaryl/α,β-unsaturated/α-hetero) is 2. The summed E-state index contributed by atoms with van der Waals surface area (Å²) in [6.45, 7) is 16.8. The molecule has 6 aliphatic rings. The van der Waals surface area contributed by atoms with E-state index in [0.29, 0.717) is 176 Å². The highest BCUT2D eigenvalue weighted by Crippen LogP contribution is 2.73. The molecule has 8 rings (SSSR count). The van der Waals surface area contributed by atoms with Crippen molar-refractivity contribution in [1.29, 1.82) is 0 Å². The highest BCUT2D eigenvalue weighted by atomic mass is 19.1. The van der Waals surface area contributed by atoms with Gasteiger partial charge < -0.3 is 81.8 Å². The number of fused-ring (bicyclic) bond motifs is 7. The van der Waals surface area contributed by atoms with E-state index in [1.54, 1.807) is 32.1 Å². The second-order valence-electron chi connectivity index (χ2n) is 25.0. The molecule has 3 saturated carbocycles. The highest BCUT2D eigenvalue weighted by molar-refractivity contribution is 6.13. The number of ketones is 2. The van der Waals surface area contributed by atoms with Crippen LogP contribution in [-0.2, 0) is 103 Å². The molecule has 10 atom stereocenters. The van der Waals surface area contributed by atoms with Crippen molar-refractivity contribution in [3.05, 3.63) is 119 Å². The van der Waals surface area contributed by atoms with E-state index in [2.05, 4.69) is 11.9 Å². The Morgan fingerprint density at radius 3 is 1.64 bits per heavy atom. The standard InChI is InChI=1S/C71H98F2N2O21/c1-51-13-16-68(2)59(43-51)60(72)47-58-57-48-63-71(62(79)50-76,69(57,3)49-61(78)70(58,68)73)96-67(95-63)55-9-7-52(8-10-55)44-53-5-4-6-54(45-53)46-56(77)15-19-83-21-23-85-25-27-87-29-31-89-33-35-91-37-39-93-41-42-94-40-38-92-36-34-90-32-30-88-28-26-86-24-22-84-20-17-74-64(80)14-18-75-65(81)11-12-66(75)82/h4-13,16,43,45,57-58,60-61,63,67,76,78H,1,14-15,17-42,44,46-50H2,2-3H3,(H,74,80)/t57-,58-,60-,61-,63+,67+,68-,69-,70-,71+/m0/s1. The maximum absolute atomic E-state index is 17.9. The average molecular weight is 1350 g/mol. The van der Waals surface area contributed by atoms with Gasteiger partial charge in [-0.05, 0) is 66.4 Å². The Balaban J connectivity index is 0.550. The van der Waals surface area contributed by atoms with Gasteiger partial charge >= 0.3 is 0 Å². The minimum absolute atomic E-state index is 0.0375. The Hall–Kier alpha value is -5.43. The SMILES string of the molecule is C=C1C=C[C@@]2(C)C(=C1)[C@@H](F)C[C@H]1[C@@H]3C[C@H]4O[C@@H](c5ccc(Cc6cccc(CC(=O)CCOCCOCCOCCOCCOCCOCCOCCOCCOCCOCCOCCOCCNC(=O)CCN7C(=O)C=CC7=O)c6)cc5)O[C@@]4(C(=O)CO)[C@@]3(C)C[C@H](O)[C@@]12F. The lowest BCUT2D eigenvalue weighted by Crippen LogP contribution is -2.70. The largest absolute Gasteiger partial charge is 0.390 e. The first kappa shape index (κ1) is 76.3. The third-order valence-electron chi connectivity index (χ3n) is 18.7. The number of carbonyl (C=O) groups is 5. The zero-order chi connectivity index (χ0) is 68.2. The van der Waals surface area contributed by atoms with Crippen LogP contribution in [0, 0.1) is 22.7 Å². The summed E-state index contributed by atoms with van der Waals surface area (Å²) in [6.07, 6.45) is 3.44. The van der Waals surface area contributed by atoms with Crippen LogP contribution in [0.2, 0.25) is 0 Å². The number of aliphatic hydroxyl groups excluding tert-OH is 2. The van der Waals surface area contributed by atoms with Crippen LogP contribution in [0.3, 0.4) is 0 Å². The third kappa shape index (κ3) is 20.4. The summed E-state index contributed by atoms with van der Waals surface area (Å²) in [5, 5.41) is 25.0. The molecule has 96 heavy (non-hydrogen) atoms. The predicted octanol–water partition coefficient (Wildman–Crippen LogP) is 5.04. The number of ether oxygens (including phenoxy) is 14. The number of amides is 3. The number of benzene rings is 2. The van der Waals surface area contributed by atoms with Gasteiger partial charge in [-0.1, -0.05) is 80.3 Å². The van der Waals surface area contributed by atoms with Gasteiger partial charge in [0.1, 0.15) is 18.6 Å². The number of allylic oxidation sites excluding steroid dienone is 5. The normalized spacial score (nSPS) is 26.5. The molecular weight excluding hydrogens is 1250 g/mol. The van der Waals surface area contributed by atoms with E-state index >= 15 is 8.78 Å². The summed E-state index contributed by atoms with van der Waals surface area (Å²) >= 11 is 0. The minimum atomic E-state index is -2.23. The molecule has 0 spiro atoms. The molecule has 0 aromatic heterocycles. The summed E-state index contributed by atoms with van der Waals surface area (Å²) in [5.74, 6) is -3.17. The van der Waals surface area contributed by atoms with Crippen LogP contribution in [0.4, 0.5) is 8.78 Å². The number of nitrogens with one attached hydrogen (secondary N) is 1. The zero-order valence-corrected chi connectivity index (χ0v) is 55.6. The Morgan fingerprint density at radius 2 is 1.12 bits per heavy atom. The van der Waals surface area contributed by atoms with Crippen molar-refractivity contribution in [2.45, 2.75) is 94.7 Å². The van der Waals surface area contributed by atoms with Crippen molar-refractivity contribution < 1.29 is 109 Å². The summed E-state index contributed by atoms with van der Waals surface area (Å²) in [6, 6.07) is 15.5. The summed E-state index contributed by atoms with van der Waals surface area (Å²) < 4.78 is 114. The molecule has 532 valence electrons. The number of imide groups is 1. The molecule has 2 aromatic rings. The first-order valence-electron chi connectivity index (χ1n) is 33.5. The number of hydrogen-bond acceptors (Lipinski definition) is 21. The van der Waals surface area contributed by atoms with Gasteiger partial charge in [0.05, 0.1) is 171 Å². The number of hydrogen-bond donors (Lipinski definition) is 3. The predicted molar refractivity (Wildman–Crippen MR) is 344 cm³/mol. The molecule has 3 N–H and O–H groups in total. The Kier molecular flexibility index (Phi) is 30.8. The Labute approximate surface area is 561 Å². The molecule has 1 saturated heterocycles. The molecule has 2 aromatic carbocycles. The van der Waals surface area contributed by atoms with E-state index in [4.69, 9.17) is 66.3 Å². The first-order valence-corrected chi connectivity index (χ1v) is 33.5. The molecule has 3 amide bonds. The van der Waals surface area contributed by atoms with E-state index in [1.165, 1.54) is 12.2 Å². The fourth-order valence-electron chi connectivity index (χ4n) is 13.9. The van der Waals surface area contributed by atoms with E-state index < -0.39 is 82.8 Å². The molecule has 23 nitrogen and oxygen atoms in total. The Bertz CT molecular complexity index is 2900. The highest BCUT2D eigenvalue weighted by Gasteiger charge is 2.80. The van der Waals surface area contributed by atoms with Crippen molar-refractivity contribution in [2.75, 3.05) is 178 Å². The van der Waals surface area contributed by atoms with Crippen molar-refractivity contribution in [1.82, 2.24) is 10.2 Å². The number of halogens is 2. The molecule has 4 aliphatic carbocycles. The lowest BCUT2D eigenvalue weighted by molar-refractivity contribution is -0.235. The summed E-state index contributed by atoms with van der Waals surface area (Å²) in [7, 11) is 0. The molecule has 0 unspecified atom stereocenters. The molecular formula is C71H98F2N2O21. The van der Waals surface area contributed by atoms with Gasteiger partial charge in [0.2, 0.25) is 5.91 Å². The maximum Gasteiger partial charge on any atom is 0.253 e. The summed E-state index contributed by atoms with van der Waals surface area (Å²) in [5.41, 5.74) is -2.12. The van der Waals surface area contributed by atoms with Crippen molar-refractivity contribution >= 4 is 29.3 Å². The van der Waals surface area contributed by atoms with Crippen molar-refractivity contribution in [2.24, 2.45) is 22.7 Å². The van der Waals surface area contributed by atoms with E-state index in [9.17, 15) is 34.2 Å². The number of alkyl halides is 2. The molecule has 4 fully saturated rings. The van der Waals surface area contributed by atoms with Gasteiger partial charge in [-0.25, -0.2) is 8.78 Å². The monoisotopic (exact) mass is 1350 g/mol. The van der Waals surface area contributed by atoms with Crippen molar-refractivity contribution in [3.63, 3.8) is 0 Å². The third-order valence-corrected chi connectivity index (χ3v) is 18.7. The van der Waals surface area contributed by atoms with E-state index in [-0.39, 0.29) is 68.9 Å². The maximum atomic E-state index is 17.9. The lowest BCUT2D eigenvalue weighted by Gasteiger charge is -2.63. The van der Waals surface area contributed by atoms with Crippen LogP contribution in [0.15, 0.2) is 96.6 Å². The topological polar surface area (TPSA) is 270 Å². The summed E-state index contributed by atoms with van der Waals surface area (Å²) in [4.78, 5) is 62.8. The van der Waals surface area contributed by atoms with Crippen LogP contribution in [0.5, 0.6) is 0 Å². The van der Waals surface area contributed by atoms with Gasteiger partial charge in [-0.3, -0.25) is 28.9 Å². The molecule has 2 heterocycles. The molecule has 0 bridgehead atoms. The second kappa shape index (κ2) is 38.8. The van der Waals surface area contributed by atoms with Crippen molar-refractivity contribution in [3.8, 4) is 0 Å². The lowest BCUT2D eigenvalue weighted by atomic mass is 9.44. The smallest absolute Gasteiger partial charge is 0.253 e. The van der Waals surface area contributed by atoms with E-state index in [0.717, 1.165) is 21.6 Å². The second-order valence-corrected chi connectivity index (χ2v) is 25.0.